The number of aliphatic hydroxyl groups is 1. The van der Waals surface area contributed by atoms with Gasteiger partial charge in [-0.05, 0) is 43.2 Å². The second-order valence-corrected chi connectivity index (χ2v) is 6.37. The molecule has 0 saturated heterocycles. The first-order valence-electron chi connectivity index (χ1n) is 7.71. The summed E-state index contributed by atoms with van der Waals surface area (Å²) in [6.07, 6.45) is 6.01. The molecule has 19 heavy (non-hydrogen) atoms. The molecular formula is C16H25NO2. The van der Waals surface area contributed by atoms with Crippen LogP contribution in [0.2, 0.25) is 0 Å². The Labute approximate surface area is 115 Å². The van der Waals surface area contributed by atoms with E-state index in [9.17, 15) is 5.11 Å². The largest absolute Gasteiger partial charge is 0.464 e. The zero-order valence-corrected chi connectivity index (χ0v) is 11.8. The summed E-state index contributed by atoms with van der Waals surface area (Å²) in [4.78, 5) is 0. The van der Waals surface area contributed by atoms with E-state index in [4.69, 9.17) is 4.42 Å². The first kappa shape index (κ1) is 13.2. The molecule has 0 aromatic carbocycles. The molecule has 0 spiro atoms. The molecule has 0 bridgehead atoms. The van der Waals surface area contributed by atoms with Crippen molar-refractivity contribution < 1.29 is 9.52 Å². The van der Waals surface area contributed by atoms with Gasteiger partial charge in [0.25, 0.3) is 0 Å². The Bertz CT molecular complexity index is 409. The summed E-state index contributed by atoms with van der Waals surface area (Å²) in [6.45, 7) is 3.68. The van der Waals surface area contributed by atoms with E-state index in [2.05, 4.69) is 24.4 Å². The van der Waals surface area contributed by atoms with Crippen LogP contribution in [0.3, 0.4) is 0 Å². The van der Waals surface area contributed by atoms with Crippen molar-refractivity contribution in [3.05, 3.63) is 23.7 Å². The number of rotatable bonds is 6. The Kier molecular flexibility index (Phi) is 3.94. The zero-order chi connectivity index (χ0) is 13.2. The molecule has 1 heterocycles. The Morgan fingerprint density at radius 3 is 2.79 bits per heavy atom. The molecule has 3 nitrogen and oxygen atoms in total. The highest BCUT2D eigenvalue weighted by atomic mass is 16.3. The van der Waals surface area contributed by atoms with E-state index in [0.29, 0.717) is 18.4 Å². The lowest BCUT2D eigenvalue weighted by Gasteiger charge is -2.17. The molecule has 1 aromatic heterocycles. The van der Waals surface area contributed by atoms with E-state index >= 15 is 0 Å². The van der Waals surface area contributed by atoms with Crippen LogP contribution in [0, 0.1) is 11.8 Å². The number of furan rings is 1. The maximum Gasteiger partial charge on any atom is 0.117 e. The van der Waals surface area contributed by atoms with Crippen LogP contribution in [0.1, 0.15) is 56.5 Å². The van der Waals surface area contributed by atoms with Crippen molar-refractivity contribution in [1.29, 1.82) is 0 Å². The van der Waals surface area contributed by atoms with Crippen LogP contribution in [-0.4, -0.2) is 17.8 Å². The van der Waals surface area contributed by atoms with Crippen LogP contribution in [0.25, 0.3) is 0 Å². The molecule has 2 saturated carbocycles. The summed E-state index contributed by atoms with van der Waals surface area (Å²) < 4.78 is 5.84. The number of aliphatic hydroxyl groups excluding tert-OH is 1. The Hall–Kier alpha value is -0.800. The molecule has 0 amide bonds. The maximum absolute atomic E-state index is 10.1. The van der Waals surface area contributed by atoms with Gasteiger partial charge in [0, 0.05) is 12.5 Å². The summed E-state index contributed by atoms with van der Waals surface area (Å²) in [7, 11) is 0. The predicted octanol–water partition coefficient (Wildman–Crippen LogP) is 3.04. The van der Waals surface area contributed by atoms with Gasteiger partial charge in [0.15, 0.2) is 0 Å². The van der Waals surface area contributed by atoms with Crippen LogP contribution in [0.4, 0.5) is 0 Å². The molecule has 3 atom stereocenters. The molecule has 3 rings (SSSR count). The molecule has 2 N–H and O–H groups in total. The summed E-state index contributed by atoms with van der Waals surface area (Å²) >= 11 is 0. The molecule has 106 valence electrons. The van der Waals surface area contributed by atoms with E-state index in [1.807, 2.05) is 0 Å². The normalized spacial score (nSPS) is 28.7. The third kappa shape index (κ3) is 3.21. The monoisotopic (exact) mass is 263 g/mol. The van der Waals surface area contributed by atoms with Crippen molar-refractivity contribution in [1.82, 2.24) is 5.32 Å². The zero-order valence-electron chi connectivity index (χ0n) is 11.8. The minimum atomic E-state index is -0.194. The summed E-state index contributed by atoms with van der Waals surface area (Å²) in [5.41, 5.74) is 0. The van der Waals surface area contributed by atoms with Gasteiger partial charge in [-0.2, -0.15) is 0 Å². The molecule has 3 unspecified atom stereocenters. The molecule has 1 aromatic rings. The van der Waals surface area contributed by atoms with Gasteiger partial charge in [-0.3, -0.25) is 0 Å². The van der Waals surface area contributed by atoms with Crippen molar-refractivity contribution in [3.63, 3.8) is 0 Å². The Morgan fingerprint density at radius 2 is 2.11 bits per heavy atom. The Morgan fingerprint density at radius 1 is 1.37 bits per heavy atom. The van der Waals surface area contributed by atoms with Gasteiger partial charge in [-0.25, -0.2) is 0 Å². The lowest BCUT2D eigenvalue weighted by Crippen LogP contribution is -2.31. The van der Waals surface area contributed by atoms with Gasteiger partial charge in [0.1, 0.15) is 11.5 Å². The first-order chi connectivity index (χ1) is 9.24. The highest BCUT2D eigenvalue weighted by Gasteiger charge is 2.36. The fraction of sp³-hybridized carbons (Fsp3) is 0.750. The van der Waals surface area contributed by atoms with Gasteiger partial charge in [-0.15, -0.1) is 0 Å². The first-order valence-corrected chi connectivity index (χ1v) is 7.71. The van der Waals surface area contributed by atoms with E-state index in [-0.39, 0.29) is 6.10 Å². The van der Waals surface area contributed by atoms with E-state index < -0.39 is 0 Å². The van der Waals surface area contributed by atoms with E-state index in [1.54, 1.807) is 0 Å². The number of nitrogens with one attached hydrogen (secondary N) is 1. The topological polar surface area (TPSA) is 45.4 Å². The second-order valence-electron chi connectivity index (χ2n) is 6.37. The van der Waals surface area contributed by atoms with Gasteiger partial charge in [-0.1, -0.05) is 19.8 Å². The highest BCUT2D eigenvalue weighted by molar-refractivity contribution is 5.17. The standard InChI is InChI=1S/C16H25NO2/c1-11-8-14(11)16-7-6-13(19-16)9-17-10-15(18)12-4-2-3-5-12/h6-7,11-12,14-15,17-18H,2-5,8-10H2,1H3. The highest BCUT2D eigenvalue weighted by Crippen LogP contribution is 2.47. The SMILES string of the molecule is CC1CC1c1ccc(CNCC(O)C2CCCC2)o1. The second kappa shape index (κ2) is 5.68. The van der Waals surface area contributed by atoms with Gasteiger partial charge in [0.2, 0.25) is 0 Å². The number of hydrogen-bond acceptors (Lipinski definition) is 3. The minimum absolute atomic E-state index is 0.194. The molecule has 2 fully saturated rings. The Balaban J connectivity index is 1.40. The lowest BCUT2D eigenvalue weighted by molar-refractivity contribution is 0.108. The summed E-state index contributed by atoms with van der Waals surface area (Å²) in [5.74, 6) is 4.08. The van der Waals surface area contributed by atoms with Crippen LogP contribution in [0.15, 0.2) is 16.5 Å². The van der Waals surface area contributed by atoms with Crippen LogP contribution >= 0.6 is 0 Å². The van der Waals surface area contributed by atoms with Crippen LogP contribution in [-0.2, 0) is 6.54 Å². The van der Waals surface area contributed by atoms with Gasteiger partial charge in [0.05, 0.1) is 12.6 Å². The lowest BCUT2D eigenvalue weighted by atomic mass is 10.0. The third-order valence-corrected chi connectivity index (χ3v) is 4.75. The smallest absolute Gasteiger partial charge is 0.117 e. The van der Waals surface area contributed by atoms with Crippen molar-refractivity contribution in [2.75, 3.05) is 6.54 Å². The average molecular weight is 263 g/mol. The molecule has 3 heteroatoms. The van der Waals surface area contributed by atoms with Crippen molar-refractivity contribution in [3.8, 4) is 0 Å². The fourth-order valence-electron chi connectivity index (χ4n) is 3.26. The molecular weight excluding hydrogens is 238 g/mol. The average Bonchev–Trinajstić information content (AvgIpc) is 2.90. The van der Waals surface area contributed by atoms with Gasteiger partial charge >= 0.3 is 0 Å². The van der Waals surface area contributed by atoms with E-state index in [0.717, 1.165) is 24.0 Å². The maximum atomic E-state index is 10.1. The molecule has 2 aliphatic carbocycles. The predicted molar refractivity (Wildman–Crippen MR) is 74.9 cm³/mol. The van der Waals surface area contributed by atoms with Crippen molar-refractivity contribution in [2.45, 2.75) is 57.6 Å². The van der Waals surface area contributed by atoms with E-state index in [1.165, 1.54) is 32.1 Å². The van der Waals surface area contributed by atoms with Crippen LogP contribution < -0.4 is 5.32 Å². The fourth-order valence-corrected chi connectivity index (χ4v) is 3.26. The summed E-state index contributed by atoms with van der Waals surface area (Å²) in [6, 6.07) is 4.17. The molecule has 0 radical (unpaired) electrons. The molecule has 2 aliphatic rings. The quantitative estimate of drug-likeness (QED) is 0.829. The van der Waals surface area contributed by atoms with Crippen molar-refractivity contribution in [2.24, 2.45) is 11.8 Å². The third-order valence-electron chi connectivity index (χ3n) is 4.75. The van der Waals surface area contributed by atoms with Crippen molar-refractivity contribution >= 4 is 0 Å². The summed E-state index contributed by atoms with van der Waals surface area (Å²) in [5, 5.41) is 13.4. The minimum Gasteiger partial charge on any atom is -0.464 e. The molecule has 0 aliphatic heterocycles. The van der Waals surface area contributed by atoms with Crippen LogP contribution in [0.5, 0.6) is 0 Å². The van der Waals surface area contributed by atoms with Gasteiger partial charge < -0.3 is 14.8 Å². The number of hydrogen-bond donors (Lipinski definition) is 2.